The number of alkyl halides is 3. The molecule has 0 bridgehead atoms. The van der Waals surface area contributed by atoms with E-state index in [0.717, 1.165) is 12.1 Å². The maximum absolute atomic E-state index is 14.2. The molecule has 3 aromatic rings. The van der Waals surface area contributed by atoms with E-state index >= 15 is 0 Å². The summed E-state index contributed by atoms with van der Waals surface area (Å²) in [4.78, 5) is 22.4. The number of hydrogen-bond donors (Lipinski definition) is 0. The molecule has 6 nitrogen and oxygen atoms in total. The van der Waals surface area contributed by atoms with E-state index in [1.165, 1.54) is 12.1 Å². The topological polar surface area (TPSA) is 64.6 Å². The standard InChI is InChI=1S/C21H4B12F3N3O3/c22-9-7(5-1-3-6(4-2-5)41-21(34,35)36)10(23)11(24)13-8(9)16(40)39(19(30,31)20(32,33)42-13)18(28,29)17-37-14(26)12(25)15(27)38-17/h1-4H. The van der Waals surface area contributed by atoms with E-state index in [4.69, 9.17) is 98.9 Å². The number of aromatic nitrogens is 2. The second-order valence-corrected chi connectivity index (χ2v) is 9.31. The van der Waals surface area contributed by atoms with E-state index in [1.807, 2.05) is 0 Å². The molecule has 0 saturated heterocycles. The molecule has 0 saturated carbocycles. The predicted octanol–water partition coefficient (Wildman–Crippen LogP) is -6.23. The summed E-state index contributed by atoms with van der Waals surface area (Å²) in [5.74, 6) is -2.99. The first-order valence-corrected chi connectivity index (χ1v) is 11.4. The molecule has 0 aliphatic carbocycles. The number of hydrogen-bond acceptors (Lipinski definition) is 5. The number of nitrogens with zero attached hydrogens (tertiary/aromatic N) is 3. The molecule has 1 aliphatic rings. The lowest BCUT2D eigenvalue weighted by Crippen LogP contribution is -2.74. The highest BCUT2D eigenvalue weighted by atomic mass is 19.4. The predicted molar refractivity (Wildman–Crippen MR) is 161 cm³/mol. The largest absolute Gasteiger partial charge is 0.573 e. The molecule has 24 radical (unpaired) electrons. The molecule has 1 amide bonds. The van der Waals surface area contributed by atoms with E-state index < -0.39 is 62.2 Å². The van der Waals surface area contributed by atoms with Crippen LogP contribution in [0.5, 0.6) is 11.5 Å². The molecular weight excluding hydrogens is 529 g/mol. The molecular formula is C21H4B12F3N3O3. The fourth-order valence-corrected chi connectivity index (χ4v) is 4.20. The number of carbonyl (C=O) groups is 1. The molecule has 2 heterocycles. The Labute approximate surface area is 255 Å². The lowest BCUT2D eigenvalue weighted by atomic mass is 9.37. The lowest BCUT2D eigenvalue weighted by molar-refractivity contribution is -0.274. The minimum Gasteiger partial charge on any atom is -0.506 e. The molecule has 21 heteroatoms. The number of amides is 1. The molecule has 0 spiro atoms. The van der Waals surface area contributed by atoms with Gasteiger partial charge in [-0.1, -0.05) is 34.0 Å². The van der Waals surface area contributed by atoms with E-state index in [2.05, 4.69) is 14.7 Å². The third-order valence-electron chi connectivity index (χ3n) is 6.36. The van der Waals surface area contributed by atoms with Crippen molar-refractivity contribution < 1.29 is 27.4 Å². The van der Waals surface area contributed by atoms with Crippen LogP contribution < -0.4 is 42.5 Å². The van der Waals surface area contributed by atoms with Crippen molar-refractivity contribution in [3.8, 4) is 22.6 Å². The van der Waals surface area contributed by atoms with Gasteiger partial charge in [0.05, 0.1) is 21.3 Å². The quantitative estimate of drug-likeness (QED) is 0.313. The monoisotopic (exact) mass is 535 g/mol. The maximum atomic E-state index is 14.2. The molecule has 0 unspecified atom stereocenters. The first-order valence-electron chi connectivity index (χ1n) is 11.4. The van der Waals surface area contributed by atoms with Crippen molar-refractivity contribution in [3.63, 3.8) is 0 Å². The van der Waals surface area contributed by atoms with Gasteiger partial charge >= 0.3 is 6.36 Å². The fourth-order valence-electron chi connectivity index (χ4n) is 4.20. The minimum atomic E-state index is -4.95. The number of ether oxygens (including phenoxy) is 2. The van der Waals surface area contributed by atoms with E-state index in [9.17, 15) is 18.0 Å². The average Bonchev–Trinajstić information content (AvgIpc) is 2.91. The van der Waals surface area contributed by atoms with Gasteiger partial charge in [0.25, 0.3) is 5.91 Å². The zero-order valence-electron chi connectivity index (χ0n) is 21.4. The molecule has 1 aromatic heterocycles. The van der Waals surface area contributed by atoms with Crippen molar-refractivity contribution in [2.24, 2.45) is 0 Å². The van der Waals surface area contributed by atoms with Crippen molar-refractivity contribution in [2.75, 3.05) is 0 Å². The number of halogens is 3. The summed E-state index contributed by atoms with van der Waals surface area (Å²) in [5, 5.41) is -8.19. The van der Waals surface area contributed by atoms with Crippen LogP contribution >= 0.6 is 0 Å². The Bertz CT molecular complexity index is 1580. The maximum Gasteiger partial charge on any atom is 0.573 e. The van der Waals surface area contributed by atoms with Gasteiger partial charge in [-0.15, -0.1) is 13.2 Å². The third kappa shape index (κ3) is 5.25. The van der Waals surface area contributed by atoms with Crippen LogP contribution in [0.15, 0.2) is 24.3 Å². The van der Waals surface area contributed by atoms with Gasteiger partial charge in [0, 0.05) is 10.7 Å². The van der Waals surface area contributed by atoms with Gasteiger partial charge in [0.2, 0.25) is 0 Å². The van der Waals surface area contributed by atoms with Crippen LogP contribution in [-0.2, 0) is 5.34 Å². The number of benzene rings is 2. The number of carbonyl (C=O) groups excluding carboxylic acids is 1. The highest BCUT2D eigenvalue weighted by Gasteiger charge is 2.53. The Hall–Kier alpha value is -2.84. The van der Waals surface area contributed by atoms with Crippen molar-refractivity contribution >= 4 is 133 Å². The molecule has 1 aliphatic heterocycles. The van der Waals surface area contributed by atoms with Gasteiger partial charge in [-0.25, -0.2) is 9.97 Å². The molecule has 42 heavy (non-hydrogen) atoms. The molecule has 178 valence electrons. The Morgan fingerprint density at radius 3 is 1.81 bits per heavy atom. The Balaban J connectivity index is 1.98. The summed E-state index contributed by atoms with van der Waals surface area (Å²) in [7, 11) is 73.4. The summed E-state index contributed by atoms with van der Waals surface area (Å²) in [6.45, 7) is 0. The van der Waals surface area contributed by atoms with Gasteiger partial charge < -0.3 is 14.4 Å². The van der Waals surface area contributed by atoms with E-state index in [1.54, 1.807) is 0 Å². The molecule has 4 rings (SSSR count). The van der Waals surface area contributed by atoms with Gasteiger partial charge in [0.15, 0.2) is 0 Å². The Kier molecular flexibility index (Phi) is 7.95. The van der Waals surface area contributed by atoms with Crippen LogP contribution in [0, 0.1) is 0 Å². The highest BCUT2D eigenvalue weighted by molar-refractivity contribution is 6.59. The SMILES string of the molecule is [B]c1nc(C([B])([B])N2C(=O)c3c([B])c(-c4ccc(OC(F)(F)F)cc4)c([B])c([B])c3OC([B])([B])C2([B])[B])nc([B])c1[B]. The number of fused-ring (bicyclic) bond motifs is 1. The van der Waals surface area contributed by atoms with Gasteiger partial charge in [-0.3, -0.25) is 4.79 Å². The summed E-state index contributed by atoms with van der Waals surface area (Å²) < 4.78 is 47.4. The Morgan fingerprint density at radius 1 is 0.786 bits per heavy atom. The first kappa shape index (κ1) is 32.1. The number of rotatable bonds is 4. The second-order valence-electron chi connectivity index (χ2n) is 9.31. The van der Waals surface area contributed by atoms with Crippen LogP contribution in [-0.4, -0.2) is 132 Å². The van der Waals surface area contributed by atoms with Crippen LogP contribution in [0.1, 0.15) is 16.2 Å². The fraction of sp³-hybridized carbons (Fsp3) is 0.190. The first-order chi connectivity index (χ1) is 19.1. The zero-order chi connectivity index (χ0) is 31.7. The smallest absolute Gasteiger partial charge is 0.506 e. The van der Waals surface area contributed by atoms with Gasteiger partial charge in [0.1, 0.15) is 95.8 Å². The molecule has 0 N–H and O–H groups in total. The molecule has 0 fully saturated rings. The van der Waals surface area contributed by atoms with E-state index in [-0.39, 0.29) is 33.2 Å². The molecule has 2 aromatic carbocycles. The van der Waals surface area contributed by atoms with Crippen molar-refractivity contribution in [1.82, 2.24) is 14.9 Å². The summed E-state index contributed by atoms with van der Waals surface area (Å²) >= 11 is 0. The van der Waals surface area contributed by atoms with Crippen LogP contribution in [0.3, 0.4) is 0 Å². The van der Waals surface area contributed by atoms with Crippen LogP contribution in [0.2, 0.25) is 0 Å². The van der Waals surface area contributed by atoms with Crippen LogP contribution in [0.25, 0.3) is 11.1 Å². The lowest BCUT2D eigenvalue weighted by Gasteiger charge is -2.55. The normalized spacial score (nSPS) is 16.3. The summed E-state index contributed by atoms with van der Waals surface area (Å²) in [6.07, 6.45) is -4.95. The van der Waals surface area contributed by atoms with Crippen LogP contribution in [0.4, 0.5) is 13.2 Å². The van der Waals surface area contributed by atoms with Crippen molar-refractivity contribution in [3.05, 3.63) is 35.7 Å². The van der Waals surface area contributed by atoms with Gasteiger partial charge in [-0.2, -0.15) is 0 Å². The second kappa shape index (κ2) is 10.4. The average molecular weight is 533 g/mol. The highest BCUT2D eigenvalue weighted by Crippen LogP contribution is 2.38. The molecule has 0 atom stereocenters. The van der Waals surface area contributed by atoms with Crippen molar-refractivity contribution in [2.45, 2.75) is 22.4 Å². The summed E-state index contributed by atoms with van der Waals surface area (Å²) in [5.41, 5.74) is -2.66. The minimum absolute atomic E-state index is 0.102. The van der Waals surface area contributed by atoms with Crippen molar-refractivity contribution in [1.29, 1.82) is 0 Å². The third-order valence-corrected chi connectivity index (χ3v) is 6.36. The Morgan fingerprint density at radius 2 is 1.31 bits per heavy atom. The summed E-state index contributed by atoms with van der Waals surface area (Å²) in [6, 6.07) is 4.29. The zero-order valence-corrected chi connectivity index (χ0v) is 21.4. The van der Waals surface area contributed by atoms with E-state index in [0.29, 0.717) is 4.90 Å². The van der Waals surface area contributed by atoms with Gasteiger partial charge in [-0.05, 0) is 39.8 Å².